The molecule has 1 amide bonds. The molecule has 2 aliphatic heterocycles. The van der Waals surface area contributed by atoms with Crippen molar-refractivity contribution in [3.63, 3.8) is 0 Å². The summed E-state index contributed by atoms with van der Waals surface area (Å²) in [5.74, 6) is 0.402. The third-order valence-corrected chi connectivity index (χ3v) is 7.18. The minimum absolute atomic E-state index is 0.204. The van der Waals surface area contributed by atoms with Gasteiger partial charge in [0, 0.05) is 25.2 Å². The first-order valence-electron chi connectivity index (χ1n) is 9.66. The Morgan fingerprint density at radius 2 is 2.00 bits per heavy atom. The lowest BCUT2D eigenvalue weighted by Crippen LogP contribution is -2.36. The Balaban J connectivity index is 1.59. The van der Waals surface area contributed by atoms with Gasteiger partial charge in [-0.05, 0) is 69.3 Å². The van der Waals surface area contributed by atoms with Crippen molar-refractivity contribution < 1.29 is 13.2 Å². The number of rotatable bonds is 6. The minimum Gasteiger partial charge on any atom is -0.352 e. The van der Waals surface area contributed by atoms with Crippen LogP contribution in [0.15, 0.2) is 29.2 Å². The smallest absolute Gasteiger partial charge is 0.251 e. The molecule has 2 aliphatic rings. The van der Waals surface area contributed by atoms with Crippen LogP contribution in [-0.4, -0.2) is 51.4 Å². The largest absolute Gasteiger partial charge is 0.352 e. The molecule has 0 spiro atoms. The highest BCUT2D eigenvalue weighted by atomic mass is 32.2. The summed E-state index contributed by atoms with van der Waals surface area (Å²) >= 11 is 0. The molecule has 26 heavy (non-hydrogen) atoms. The molecule has 1 atom stereocenters. The number of piperidine rings is 2. The van der Waals surface area contributed by atoms with Gasteiger partial charge < -0.3 is 10.6 Å². The Morgan fingerprint density at radius 3 is 2.73 bits per heavy atom. The molecule has 144 valence electrons. The average Bonchev–Trinajstić information content (AvgIpc) is 2.69. The second-order valence-electron chi connectivity index (χ2n) is 7.25. The average molecular weight is 380 g/mol. The van der Waals surface area contributed by atoms with Crippen LogP contribution in [0.2, 0.25) is 0 Å². The normalized spacial score (nSPS) is 22.1. The maximum atomic E-state index is 12.8. The maximum Gasteiger partial charge on any atom is 0.251 e. The molecule has 1 aromatic carbocycles. The van der Waals surface area contributed by atoms with E-state index in [1.54, 1.807) is 18.2 Å². The predicted molar refractivity (Wildman–Crippen MR) is 102 cm³/mol. The van der Waals surface area contributed by atoms with Crippen molar-refractivity contribution in [2.75, 3.05) is 32.7 Å². The van der Waals surface area contributed by atoms with E-state index in [1.807, 2.05) is 0 Å². The quantitative estimate of drug-likeness (QED) is 0.792. The number of nitrogens with one attached hydrogen (secondary N) is 2. The molecule has 2 heterocycles. The van der Waals surface area contributed by atoms with E-state index in [9.17, 15) is 13.2 Å². The van der Waals surface area contributed by atoms with Crippen LogP contribution in [0.3, 0.4) is 0 Å². The van der Waals surface area contributed by atoms with E-state index in [0.717, 1.165) is 38.8 Å². The van der Waals surface area contributed by atoms with Crippen molar-refractivity contribution in [3.05, 3.63) is 29.8 Å². The minimum atomic E-state index is -3.51. The van der Waals surface area contributed by atoms with Crippen LogP contribution >= 0.6 is 0 Å². The predicted octanol–water partition coefficient (Wildman–Crippen LogP) is 1.98. The lowest BCUT2D eigenvalue weighted by molar-refractivity contribution is 0.0950. The molecule has 7 heteroatoms. The van der Waals surface area contributed by atoms with Gasteiger partial charge in [0.1, 0.15) is 0 Å². The zero-order valence-electron chi connectivity index (χ0n) is 15.2. The molecule has 3 rings (SSSR count). The monoisotopic (exact) mass is 379 g/mol. The van der Waals surface area contributed by atoms with E-state index >= 15 is 0 Å². The Labute approximate surface area is 156 Å². The molecule has 0 saturated carbocycles. The summed E-state index contributed by atoms with van der Waals surface area (Å²) in [6.45, 7) is 3.84. The fourth-order valence-electron chi connectivity index (χ4n) is 3.71. The third kappa shape index (κ3) is 4.84. The van der Waals surface area contributed by atoms with Crippen molar-refractivity contribution in [2.45, 2.75) is 43.4 Å². The summed E-state index contributed by atoms with van der Waals surface area (Å²) in [5, 5.41) is 6.31. The topological polar surface area (TPSA) is 78.5 Å². The lowest BCUT2D eigenvalue weighted by atomic mass is 9.96. The Morgan fingerprint density at radius 1 is 1.19 bits per heavy atom. The van der Waals surface area contributed by atoms with Crippen LogP contribution in [0.5, 0.6) is 0 Å². The Hall–Kier alpha value is -1.44. The van der Waals surface area contributed by atoms with E-state index in [1.165, 1.54) is 23.2 Å². The second kappa shape index (κ2) is 8.97. The SMILES string of the molecule is O=C(NCCC1CCCNC1)c1cccc(S(=O)(=O)N2CCCCC2)c1. The highest BCUT2D eigenvalue weighted by Crippen LogP contribution is 2.21. The van der Waals surface area contributed by atoms with E-state index < -0.39 is 10.0 Å². The van der Waals surface area contributed by atoms with Gasteiger partial charge in [-0.3, -0.25) is 4.79 Å². The highest BCUT2D eigenvalue weighted by Gasteiger charge is 2.26. The number of carbonyl (C=O) groups excluding carboxylic acids is 1. The summed E-state index contributed by atoms with van der Waals surface area (Å²) in [7, 11) is -3.51. The zero-order valence-corrected chi connectivity index (χ0v) is 16.1. The van der Waals surface area contributed by atoms with Gasteiger partial charge in [0.05, 0.1) is 4.90 Å². The van der Waals surface area contributed by atoms with Gasteiger partial charge >= 0.3 is 0 Å². The van der Waals surface area contributed by atoms with Crippen LogP contribution < -0.4 is 10.6 Å². The maximum absolute atomic E-state index is 12.8. The molecule has 6 nitrogen and oxygen atoms in total. The molecule has 0 aliphatic carbocycles. The summed E-state index contributed by atoms with van der Waals surface area (Å²) in [6.07, 6.45) is 6.21. The number of hydrogen-bond acceptors (Lipinski definition) is 4. The number of carbonyl (C=O) groups is 1. The summed E-state index contributed by atoms with van der Waals surface area (Å²) < 4.78 is 27.1. The van der Waals surface area contributed by atoms with E-state index in [2.05, 4.69) is 10.6 Å². The van der Waals surface area contributed by atoms with Crippen molar-refractivity contribution in [1.29, 1.82) is 0 Å². The van der Waals surface area contributed by atoms with Crippen molar-refractivity contribution >= 4 is 15.9 Å². The second-order valence-corrected chi connectivity index (χ2v) is 9.19. The van der Waals surface area contributed by atoms with Crippen LogP contribution in [-0.2, 0) is 10.0 Å². The van der Waals surface area contributed by atoms with Gasteiger partial charge in [-0.25, -0.2) is 8.42 Å². The van der Waals surface area contributed by atoms with Gasteiger partial charge in [0.15, 0.2) is 0 Å². The molecule has 2 saturated heterocycles. The zero-order chi connectivity index (χ0) is 18.4. The van der Waals surface area contributed by atoms with Gasteiger partial charge in [-0.2, -0.15) is 4.31 Å². The first-order chi connectivity index (χ1) is 12.6. The van der Waals surface area contributed by atoms with Gasteiger partial charge in [0.2, 0.25) is 10.0 Å². The van der Waals surface area contributed by atoms with Crippen molar-refractivity contribution in [1.82, 2.24) is 14.9 Å². The standard InChI is InChI=1S/C19H29N3O3S/c23-19(21-11-9-16-6-5-10-20-15-16)17-7-4-8-18(14-17)26(24,25)22-12-2-1-3-13-22/h4,7-8,14,16,20H,1-3,5-6,9-13,15H2,(H,21,23). The molecule has 0 radical (unpaired) electrons. The lowest BCUT2D eigenvalue weighted by Gasteiger charge is -2.26. The van der Waals surface area contributed by atoms with E-state index in [-0.39, 0.29) is 10.8 Å². The third-order valence-electron chi connectivity index (χ3n) is 5.29. The molecule has 2 fully saturated rings. The Bertz CT molecular complexity index is 708. The summed E-state index contributed by atoms with van der Waals surface area (Å²) in [4.78, 5) is 12.6. The van der Waals surface area contributed by atoms with Gasteiger partial charge in [-0.15, -0.1) is 0 Å². The molecular formula is C19H29N3O3S. The molecule has 2 N–H and O–H groups in total. The molecular weight excluding hydrogens is 350 g/mol. The Kier molecular flexibility index (Phi) is 6.67. The van der Waals surface area contributed by atoms with Gasteiger partial charge in [-0.1, -0.05) is 12.5 Å². The van der Waals surface area contributed by atoms with E-state index in [0.29, 0.717) is 31.1 Å². The van der Waals surface area contributed by atoms with Crippen molar-refractivity contribution in [3.8, 4) is 0 Å². The van der Waals surface area contributed by atoms with Crippen LogP contribution in [0.4, 0.5) is 0 Å². The van der Waals surface area contributed by atoms with Crippen LogP contribution in [0.1, 0.15) is 48.9 Å². The van der Waals surface area contributed by atoms with Crippen LogP contribution in [0.25, 0.3) is 0 Å². The first-order valence-corrected chi connectivity index (χ1v) is 11.1. The first kappa shape index (κ1) is 19.3. The number of benzene rings is 1. The van der Waals surface area contributed by atoms with Gasteiger partial charge in [0.25, 0.3) is 5.91 Å². The number of sulfonamides is 1. The molecule has 1 unspecified atom stereocenters. The molecule has 1 aromatic rings. The van der Waals surface area contributed by atoms with Crippen molar-refractivity contribution in [2.24, 2.45) is 5.92 Å². The molecule has 0 aromatic heterocycles. The fourth-order valence-corrected chi connectivity index (χ4v) is 5.28. The summed E-state index contributed by atoms with van der Waals surface area (Å²) in [6, 6.07) is 6.40. The summed E-state index contributed by atoms with van der Waals surface area (Å²) in [5.41, 5.74) is 0.407. The van der Waals surface area contributed by atoms with E-state index in [4.69, 9.17) is 0 Å². The molecule has 0 bridgehead atoms. The number of amides is 1. The van der Waals surface area contributed by atoms with Crippen LogP contribution in [0, 0.1) is 5.92 Å². The number of nitrogens with zero attached hydrogens (tertiary/aromatic N) is 1. The number of hydrogen-bond donors (Lipinski definition) is 2. The highest BCUT2D eigenvalue weighted by molar-refractivity contribution is 7.89. The fraction of sp³-hybridized carbons (Fsp3) is 0.632.